The average Bonchev–Trinajstić information content (AvgIpc) is 2.52. The summed E-state index contributed by atoms with van der Waals surface area (Å²) in [6.45, 7) is 4.58. The van der Waals surface area contributed by atoms with Gasteiger partial charge < -0.3 is 29.3 Å². The second-order valence-electron chi connectivity index (χ2n) is 4.35. The van der Waals surface area contributed by atoms with Gasteiger partial charge in [-0.2, -0.15) is 0 Å². The summed E-state index contributed by atoms with van der Waals surface area (Å²) >= 11 is 0. The summed E-state index contributed by atoms with van der Waals surface area (Å²) in [5, 5.41) is 19.7. The number of hydrogen-bond donors (Lipinski definition) is 0. The summed E-state index contributed by atoms with van der Waals surface area (Å²) in [4.78, 5) is 40.9. The first-order chi connectivity index (χ1) is 11.3. The molecule has 0 amide bonds. The van der Waals surface area contributed by atoms with Crippen molar-refractivity contribution in [1.82, 2.24) is 0 Å². The number of ether oxygens (including phenoxy) is 2. The van der Waals surface area contributed by atoms with Gasteiger partial charge in [0.05, 0.1) is 25.2 Å². The predicted molar refractivity (Wildman–Crippen MR) is 80.0 cm³/mol. The first kappa shape index (κ1) is 28.1. The molecule has 0 saturated carbocycles. The van der Waals surface area contributed by atoms with Crippen LogP contribution in [0.5, 0.6) is 0 Å². The first-order valence-electron chi connectivity index (χ1n) is 7.45. The molecule has 0 bridgehead atoms. The molecule has 8 nitrogen and oxygen atoms in total. The third-order valence-electron chi connectivity index (χ3n) is 2.20. The maximum absolute atomic E-state index is 10.6. The third kappa shape index (κ3) is 27.4. The van der Waals surface area contributed by atoms with E-state index in [0.717, 1.165) is 37.8 Å². The Morgan fingerprint density at radius 2 is 1.04 bits per heavy atom. The van der Waals surface area contributed by atoms with E-state index in [1.165, 1.54) is 0 Å². The zero-order chi connectivity index (χ0) is 18.8. The number of aliphatic carboxylic acids is 2. The average molecular weight is 455 g/mol. The van der Waals surface area contributed by atoms with Gasteiger partial charge in [0.15, 0.2) is 0 Å². The molecule has 0 saturated heterocycles. The summed E-state index contributed by atoms with van der Waals surface area (Å²) in [7, 11) is 0. The van der Waals surface area contributed by atoms with Crippen LogP contribution in [0.25, 0.3) is 0 Å². The van der Waals surface area contributed by atoms with Crippen molar-refractivity contribution in [2.75, 3.05) is 13.2 Å². The number of carbonyl (C=O) groups excluding carboxylic acids is 4. The van der Waals surface area contributed by atoms with Gasteiger partial charge in [0.25, 0.3) is 0 Å². The van der Waals surface area contributed by atoms with Crippen molar-refractivity contribution < 1.29 is 66.2 Å². The van der Waals surface area contributed by atoms with E-state index in [0.29, 0.717) is 25.4 Å². The molecule has 0 spiro atoms. The standard InChI is InChI=1S/2C8H12O4.Cd/c2*1-2-3-6-12-8(11)5-4-7(9)10;/h2*4-5H,2-3,6H2,1H3,(H,9,10);/q;;+2/p-2/b2*5-4-;. The molecular formula is C16H22CdO8. The molecule has 9 heteroatoms. The third-order valence-corrected chi connectivity index (χ3v) is 2.20. The van der Waals surface area contributed by atoms with Gasteiger partial charge in [-0.1, -0.05) is 26.7 Å². The van der Waals surface area contributed by atoms with E-state index in [1.54, 1.807) is 0 Å². The molecule has 0 aliphatic rings. The number of hydrogen-bond acceptors (Lipinski definition) is 8. The van der Waals surface area contributed by atoms with Crippen LogP contribution in [-0.4, -0.2) is 37.1 Å². The van der Waals surface area contributed by atoms with Crippen LogP contribution in [-0.2, 0) is 56.0 Å². The van der Waals surface area contributed by atoms with E-state index in [2.05, 4.69) is 9.47 Å². The molecule has 0 heterocycles. The molecule has 0 unspecified atom stereocenters. The van der Waals surface area contributed by atoms with Crippen LogP contribution >= 0.6 is 0 Å². The van der Waals surface area contributed by atoms with Crippen molar-refractivity contribution in [3.8, 4) is 0 Å². The van der Waals surface area contributed by atoms with Crippen molar-refractivity contribution in [3.05, 3.63) is 24.3 Å². The van der Waals surface area contributed by atoms with E-state index >= 15 is 0 Å². The van der Waals surface area contributed by atoms with Crippen molar-refractivity contribution in [2.45, 2.75) is 39.5 Å². The summed E-state index contributed by atoms with van der Waals surface area (Å²) in [6.07, 6.45) is 6.39. The van der Waals surface area contributed by atoms with Crippen LogP contribution in [0.2, 0.25) is 0 Å². The molecule has 0 aromatic rings. The minimum atomic E-state index is -1.40. The molecule has 0 atom stereocenters. The summed E-state index contributed by atoms with van der Waals surface area (Å²) in [5.74, 6) is -4.09. The summed E-state index contributed by atoms with van der Waals surface area (Å²) < 4.78 is 9.23. The van der Waals surface area contributed by atoms with Gasteiger partial charge >= 0.3 is 39.2 Å². The maximum Gasteiger partial charge on any atom is 2.00 e. The smallest absolute Gasteiger partial charge is 0.545 e. The topological polar surface area (TPSA) is 133 Å². The van der Waals surface area contributed by atoms with Crippen LogP contribution in [0.3, 0.4) is 0 Å². The number of carboxylic acid groups (broad SMARTS) is 2. The fourth-order valence-electron chi connectivity index (χ4n) is 1.00. The molecule has 0 N–H and O–H groups in total. The molecule has 0 rings (SSSR count). The Bertz CT molecular complexity index is 415. The molecule has 0 radical (unpaired) electrons. The van der Waals surface area contributed by atoms with Gasteiger partial charge in [-0.25, -0.2) is 9.59 Å². The molecule has 0 fully saturated rings. The number of carboxylic acids is 2. The van der Waals surface area contributed by atoms with Gasteiger partial charge in [-0.3, -0.25) is 0 Å². The minimum absolute atomic E-state index is 0. The van der Waals surface area contributed by atoms with Gasteiger partial charge in [0.2, 0.25) is 0 Å². The van der Waals surface area contributed by atoms with Gasteiger partial charge in [-0.15, -0.1) is 0 Å². The Hall–Kier alpha value is -1.72. The second kappa shape index (κ2) is 20.3. The fourth-order valence-corrected chi connectivity index (χ4v) is 1.00. The second-order valence-corrected chi connectivity index (χ2v) is 4.35. The Balaban J connectivity index is -0.000000372. The summed E-state index contributed by atoms with van der Waals surface area (Å²) in [6, 6.07) is 0. The number of carbonyl (C=O) groups is 4. The van der Waals surface area contributed by atoms with Gasteiger partial charge in [0.1, 0.15) is 0 Å². The Morgan fingerprint density at radius 3 is 1.28 bits per heavy atom. The summed E-state index contributed by atoms with van der Waals surface area (Å²) in [5.41, 5.74) is 0. The molecular weight excluding hydrogens is 433 g/mol. The van der Waals surface area contributed by atoms with E-state index in [4.69, 9.17) is 0 Å². The minimum Gasteiger partial charge on any atom is -0.545 e. The SMILES string of the molecule is CCCCOC(=O)/C=C\C(=O)[O-].CCCCOC(=O)/C=C\C(=O)[O-].[Cd+2]. The normalized spacial score (nSPS) is 9.68. The predicted octanol–water partition coefficient (Wildman–Crippen LogP) is -0.731. The van der Waals surface area contributed by atoms with Crippen LogP contribution in [0, 0.1) is 0 Å². The number of unbranched alkanes of at least 4 members (excludes halogenated alkanes) is 2. The molecule has 0 aliphatic carbocycles. The van der Waals surface area contributed by atoms with Crippen molar-refractivity contribution >= 4 is 23.9 Å². The Kier molecular flexibility index (Phi) is 22.8. The van der Waals surface area contributed by atoms with E-state index in [-0.39, 0.29) is 27.3 Å². The number of esters is 2. The quantitative estimate of drug-likeness (QED) is 0.182. The molecule has 0 aliphatic heterocycles. The van der Waals surface area contributed by atoms with Crippen molar-refractivity contribution in [3.63, 3.8) is 0 Å². The molecule has 0 aromatic heterocycles. The molecule has 0 aromatic carbocycles. The first-order valence-corrected chi connectivity index (χ1v) is 7.45. The Morgan fingerprint density at radius 1 is 0.720 bits per heavy atom. The molecule has 25 heavy (non-hydrogen) atoms. The van der Waals surface area contributed by atoms with Crippen LogP contribution in [0.15, 0.2) is 24.3 Å². The number of rotatable bonds is 10. The fraction of sp³-hybridized carbons (Fsp3) is 0.500. The zero-order valence-electron chi connectivity index (χ0n) is 14.5. The van der Waals surface area contributed by atoms with Crippen LogP contribution in [0.1, 0.15) is 39.5 Å². The van der Waals surface area contributed by atoms with Crippen LogP contribution in [0.4, 0.5) is 0 Å². The van der Waals surface area contributed by atoms with Crippen molar-refractivity contribution in [1.29, 1.82) is 0 Å². The molecule has 136 valence electrons. The van der Waals surface area contributed by atoms with Crippen molar-refractivity contribution in [2.24, 2.45) is 0 Å². The van der Waals surface area contributed by atoms with E-state index < -0.39 is 23.9 Å². The van der Waals surface area contributed by atoms with E-state index in [9.17, 15) is 29.4 Å². The van der Waals surface area contributed by atoms with Gasteiger partial charge in [-0.05, 0) is 25.0 Å². The maximum atomic E-state index is 10.6. The largest absolute Gasteiger partial charge is 2.00 e. The van der Waals surface area contributed by atoms with Crippen LogP contribution < -0.4 is 10.2 Å². The van der Waals surface area contributed by atoms with Gasteiger partial charge in [0, 0.05) is 12.2 Å². The monoisotopic (exact) mass is 456 g/mol. The Labute approximate surface area is 167 Å². The zero-order valence-corrected chi connectivity index (χ0v) is 18.6. The van der Waals surface area contributed by atoms with E-state index in [1.807, 2.05) is 13.8 Å².